The minimum atomic E-state index is -0.581. The van der Waals surface area contributed by atoms with Crippen LogP contribution in [0.5, 0.6) is 0 Å². The van der Waals surface area contributed by atoms with E-state index in [0.717, 1.165) is 12.2 Å². The summed E-state index contributed by atoms with van der Waals surface area (Å²) in [7, 11) is 0. The highest BCUT2D eigenvalue weighted by Gasteiger charge is 2.36. The fourth-order valence-corrected chi connectivity index (χ4v) is 3.31. The van der Waals surface area contributed by atoms with Gasteiger partial charge in [0.2, 0.25) is 5.78 Å². The zero-order valence-corrected chi connectivity index (χ0v) is 15.9. The molecule has 6 nitrogen and oxygen atoms in total. The Bertz CT molecular complexity index is 971. The van der Waals surface area contributed by atoms with Crippen LogP contribution in [0, 0.1) is 31.1 Å². The van der Waals surface area contributed by atoms with E-state index in [1.54, 1.807) is 26.8 Å². The van der Waals surface area contributed by atoms with Crippen molar-refractivity contribution in [1.29, 1.82) is 5.26 Å². The van der Waals surface area contributed by atoms with Crippen LogP contribution in [-0.2, 0) is 4.74 Å². The van der Waals surface area contributed by atoms with Crippen molar-refractivity contribution < 1.29 is 18.7 Å². The van der Waals surface area contributed by atoms with Gasteiger partial charge in [0.15, 0.2) is 0 Å². The first-order chi connectivity index (χ1) is 12.9. The molecule has 2 atom stereocenters. The number of esters is 1. The highest BCUT2D eigenvalue weighted by Crippen LogP contribution is 2.47. The van der Waals surface area contributed by atoms with E-state index in [1.807, 2.05) is 12.1 Å². The number of aromatic amines is 1. The molecule has 1 aliphatic carbocycles. The third-order valence-corrected chi connectivity index (χ3v) is 4.86. The van der Waals surface area contributed by atoms with Crippen LogP contribution in [0.15, 0.2) is 22.1 Å². The Morgan fingerprint density at radius 1 is 1.33 bits per heavy atom. The standard InChI is InChI=1S/C21H22N2O4/c1-5-26-21(25)19-13(4)23-12(3)18(19)20(24)14(10-22)9-15-6-7-17(27-15)16-8-11(16)2/h6-7,9,11,16,23H,5,8H2,1-4H3/b14-9+/t11-,16+/m1/s1. The average molecular weight is 366 g/mol. The number of Topliss-reactive ketones (excluding diaryl/α,β-unsaturated/α-hetero) is 1. The Hall–Kier alpha value is -3.07. The van der Waals surface area contributed by atoms with Crippen LogP contribution in [-0.4, -0.2) is 23.3 Å². The number of rotatable bonds is 6. The number of aryl methyl sites for hydroxylation is 2. The van der Waals surface area contributed by atoms with E-state index in [-0.39, 0.29) is 23.3 Å². The van der Waals surface area contributed by atoms with Crippen molar-refractivity contribution in [3.05, 3.63) is 51.7 Å². The number of nitriles is 1. The van der Waals surface area contributed by atoms with Crippen LogP contribution in [0.3, 0.4) is 0 Å². The lowest BCUT2D eigenvalue weighted by atomic mass is 9.99. The van der Waals surface area contributed by atoms with E-state index in [9.17, 15) is 14.9 Å². The molecule has 0 saturated heterocycles. The topological polar surface area (TPSA) is 96.1 Å². The number of hydrogen-bond donors (Lipinski definition) is 1. The fraction of sp³-hybridized carbons (Fsp3) is 0.381. The van der Waals surface area contributed by atoms with E-state index in [4.69, 9.17) is 9.15 Å². The summed E-state index contributed by atoms with van der Waals surface area (Å²) in [6.45, 7) is 7.44. The van der Waals surface area contributed by atoms with Gasteiger partial charge in [-0.25, -0.2) is 4.79 Å². The number of H-pyrrole nitrogens is 1. The summed E-state index contributed by atoms with van der Waals surface area (Å²) in [6, 6.07) is 5.57. The number of ether oxygens (including phenoxy) is 1. The van der Waals surface area contributed by atoms with Crippen LogP contribution in [0.4, 0.5) is 0 Å². The molecule has 1 saturated carbocycles. The highest BCUT2D eigenvalue weighted by molar-refractivity contribution is 6.19. The Kier molecular flexibility index (Phi) is 5.04. The van der Waals surface area contributed by atoms with Crippen molar-refractivity contribution in [2.45, 2.75) is 40.0 Å². The zero-order valence-electron chi connectivity index (χ0n) is 15.9. The second-order valence-electron chi connectivity index (χ2n) is 6.90. The van der Waals surface area contributed by atoms with Gasteiger partial charge in [0, 0.05) is 23.4 Å². The maximum atomic E-state index is 13.0. The number of nitrogens with one attached hydrogen (secondary N) is 1. The van der Waals surface area contributed by atoms with Crippen LogP contribution in [0.25, 0.3) is 6.08 Å². The molecular weight excluding hydrogens is 344 g/mol. The van der Waals surface area contributed by atoms with Gasteiger partial charge in [-0.05, 0) is 45.2 Å². The molecule has 0 unspecified atom stereocenters. The number of furan rings is 1. The lowest BCUT2D eigenvalue weighted by molar-refractivity contribution is 0.0523. The molecule has 3 rings (SSSR count). The summed E-state index contributed by atoms with van der Waals surface area (Å²) in [5.74, 6) is 1.24. The summed E-state index contributed by atoms with van der Waals surface area (Å²) in [5, 5.41) is 9.51. The van der Waals surface area contributed by atoms with Crippen molar-refractivity contribution in [1.82, 2.24) is 4.98 Å². The summed E-state index contributed by atoms with van der Waals surface area (Å²) < 4.78 is 10.8. The van der Waals surface area contributed by atoms with E-state index < -0.39 is 11.8 Å². The van der Waals surface area contributed by atoms with E-state index in [0.29, 0.717) is 29.0 Å². The normalized spacial score (nSPS) is 18.9. The Morgan fingerprint density at radius 2 is 2.00 bits per heavy atom. The molecule has 6 heteroatoms. The minimum absolute atomic E-state index is 0.0904. The van der Waals surface area contributed by atoms with Gasteiger partial charge in [-0.15, -0.1) is 0 Å². The van der Waals surface area contributed by atoms with Gasteiger partial charge >= 0.3 is 5.97 Å². The average Bonchev–Trinajstić information content (AvgIpc) is 3.04. The molecule has 2 aromatic heterocycles. The van der Waals surface area contributed by atoms with Crippen LogP contribution in [0.2, 0.25) is 0 Å². The highest BCUT2D eigenvalue weighted by atomic mass is 16.5. The van der Waals surface area contributed by atoms with Gasteiger partial charge in [0.1, 0.15) is 23.2 Å². The molecule has 2 aromatic rings. The van der Waals surface area contributed by atoms with Gasteiger partial charge in [0.25, 0.3) is 0 Å². The third kappa shape index (κ3) is 3.59. The van der Waals surface area contributed by atoms with E-state index in [1.165, 1.54) is 6.08 Å². The lowest BCUT2D eigenvalue weighted by Crippen LogP contribution is -2.13. The summed E-state index contributed by atoms with van der Waals surface area (Å²) >= 11 is 0. The number of hydrogen-bond acceptors (Lipinski definition) is 5. The van der Waals surface area contributed by atoms with E-state index in [2.05, 4.69) is 11.9 Å². The Balaban J connectivity index is 1.95. The molecule has 1 fully saturated rings. The van der Waals surface area contributed by atoms with Crippen molar-refractivity contribution in [2.24, 2.45) is 5.92 Å². The van der Waals surface area contributed by atoms with Gasteiger partial charge in [-0.2, -0.15) is 5.26 Å². The number of ketones is 1. The maximum absolute atomic E-state index is 13.0. The molecule has 0 amide bonds. The SMILES string of the molecule is CCOC(=O)c1c(C)[nH]c(C)c1C(=O)/C(C#N)=C/c1ccc([C@H]2C[C@H]2C)o1. The molecule has 0 radical (unpaired) electrons. The Labute approximate surface area is 157 Å². The summed E-state index contributed by atoms with van der Waals surface area (Å²) in [5.41, 5.74) is 1.31. The zero-order chi connectivity index (χ0) is 19.7. The summed E-state index contributed by atoms with van der Waals surface area (Å²) in [6.07, 6.45) is 2.51. The number of nitrogens with zero attached hydrogens (tertiary/aromatic N) is 1. The van der Waals surface area contributed by atoms with Crippen molar-refractivity contribution in [3.8, 4) is 6.07 Å². The largest absolute Gasteiger partial charge is 0.462 e. The molecule has 2 heterocycles. The first-order valence-corrected chi connectivity index (χ1v) is 8.99. The van der Waals surface area contributed by atoms with Crippen LogP contribution in [0.1, 0.15) is 69.8 Å². The number of carbonyl (C=O) groups excluding carboxylic acids is 2. The molecule has 0 bridgehead atoms. The molecule has 0 spiro atoms. The predicted molar refractivity (Wildman–Crippen MR) is 99.4 cm³/mol. The predicted octanol–water partition coefficient (Wildman–Crippen LogP) is 4.31. The lowest BCUT2D eigenvalue weighted by Gasteiger charge is -2.05. The van der Waals surface area contributed by atoms with Crippen molar-refractivity contribution in [3.63, 3.8) is 0 Å². The number of allylic oxidation sites excluding steroid dienone is 1. The van der Waals surface area contributed by atoms with Crippen molar-refractivity contribution in [2.75, 3.05) is 6.61 Å². The second kappa shape index (κ2) is 7.28. The van der Waals surface area contributed by atoms with Gasteiger partial charge in [-0.1, -0.05) is 6.92 Å². The van der Waals surface area contributed by atoms with Gasteiger partial charge in [-0.3, -0.25) is 4.79 Å². The molecule has 27 heavy (non-hydrogen) atoms. The maximum Gasteiger partial charge on any atom is 0.340 e. The summed E-state index contributed by atoms with van der Waals surface area (Å²) in [4.78, 5) is 28.3. The second-order valence-corrected chi connectivity index (χ2v) is 6.90. The monoisotopic (exact) mass is 366 g/mol. The van der Waals surface area contributed by atoms with Crippen molar-refractivity contribution >= 4 is 17.8 Å². The Morgan fingerprint density at radius 3 is 2.59 bits per heavy atom. The van der Waals surface area contributed by atoms with Crippen LogP contribution < -0.4 is 0 Å². The molecule has 140 valence electrons. The first kappa shape index (κ1) is 18.7. The molecular formula is C21H22N2O4. The minimum Gasteiger partial charge on any atom is -0.462 e. The number of carbonyl (C=O) groups is 2. The van der Waals surface area contributed by atoms with Crippen LogP contribution >= 0.6 is 0 Å². The fourth-order valence-electron chi connectivity index (χ4n) is 3.31. The van der Waals surface area contributed by atoms with E-state index >= 15 is 0 Å². The molecule has 1 N–H and O–H groups in total. The van der Waals surface area contributed by atoms with Gasteiger partial charge in [0.05, 0.1) is 17.7 Å². The molecule has 1 aliphatic rings. The molecule has 0 aromatic carbocycles. The molecule has 0 aliphatic heterocycles. The third-order valence-electron chi connectivity index (χ3n) is 4.86. The van der Waals surface area contributed by atoms with Gasteiger partial charge < -0.3 is 14.1 Å². The number of aromatic nitrogens is 1. The quantitative estimate of drug-likeness (QED) is 0.355. The first-order valence-electron chi connectivity index (χ1n) is 8.99. The smallest absolute Gasteiger partial charge is 0.340 e.